The molecule has 0 bridgehead atoms. The first-order chi connectivity index (χ1) is 8.60. The van der Waals surface area contributed by atoms with Gasteiger partial charge < -0.3 is 0 Å². The van der Waals surface area contributed by atoms with Crippen molar-refractivity contribution in [3.8, 4) is 0 Å². The molecule has 0 heterocycles. The minimum absolute atomic E-state index is 0.172. The second-order valence-corrected chi connectivity index (χ2v) is 4.51. The molecule has 0 N–H and O–H groups in total. The molecule has 0 aromatic heterocycles. The quantitative estimate of drug-likeness (QED) is 0.546. The number of rotatable bonds is 7. The topological polar surface area (TPSA) is 46.4 Å². The Hall–Kier alpha value is -1.42. The van der Waals surface area contributed by atoms with Crippen LogP contribution < -0.4 is 0 Å². The Bertz CT molecular complexity index is 393. The van der Waals surface area contributed by atoms with E-state index in [0.29, 0.717) is 0 Å². The van der Waals surface area contributed by atoms with Gasteiger partial charge in [-0.05, 0) is 32.0 Å². The van der Waals surface area contributed by atoms with E-state index in [2.05, 4.69) is 25.7 Å². The number of non-ortho nitro benzene ring substituents is 1. The largest absolute Gasteiger partial charge is 0.297 e. The van der Waals surface area contributed by atoms with Gasteiger partial charge in [0.05, 0.1) is 4.92 Å². The lowest BCUT2D eigenvalue weighted by molar-refractivity contribution is -0.384. The van der Waals surface area contributed by atoms with Crippen LogP contribution in [0.25, 0.3) is 0 Å². The van der Waals surface area contributed by atoms with Crippen molar-refractivity contribution in [2.45, 2.75) is 39.7 Å². The predicted octanol–water partition coefficient (Wildman–Crippen LogP) is 3.78. The van der Waals surface area contributed by atoms with Gasteiger partial charge in [0, 0.05) is 18.2 Å². The number of nitro benzene ring substituents is 1. The van der Waals surface area contributed by atoms with Crippen LogP contribution in [0.3, 0.4) is 0 Å². The van der Waals surface area contributed by atoms with Gasteiger partial charge in [-0.3, -0.25) is 15.0 Å². The maximum absolute atomic E-state index is 10.8. The molecule has 1 unspecified atom stereocenters. The van der Waals surface area contributed by atoms with E-state index in [1.54, 1.807) is 18.2 Å². The third-order valence-electron chi connectivity index (χ3n) is 3.32. The molecule has 0 spiro atoms. The molecule has 1 rings (SSSR count). The molecule has 0 aliphatic carbocycles. The Kier molecular flexibility index (Phi) is 5.78. The zero-order valence-electron chi connectivity index (χ0n) is 11.4. The first kappa shape index (κ1) is 14.6. The minimum atomic E-state index is -0.335. The second kappa shape index (κ2) is 7.11. The number of hydrogen-bond donors (Lipinski definition) is 0. The van der Waals surface area contributed by atoms with Gasteiger partial charge in [-0.1, -0.05) is 32.4 Å². The summed E-state index contributed by atoms with van der Waals surface area (Å²) in [6.45, 7) is 8.41. The molecule has 18 heavy (non-hydrogen) atoms. The summed E-state index contributed by atoms with van der Waals surface area (Å²) in [4.78, 5) is 12.8. The maximum Gasteiger partial charge on any atom is 0.269 e. The van der Waals surface area contributed by atoms with Crippen molar-refractivity contribution in [2.75, 3.05) is 13.1 Å². The SMILES string of the molecule is CCCCN(CC)C(C)c1cccc([N+](=O)[O-])c1. The van der Waals surface area contributed by atoms with Gasteiger partial charge in [0.15, 0.2) is 0 Å². The smallest absolute Gasteiger partial charge is 0.269 e. The Morgan fingerprint density at radius 1 is 1.39 bits per heavy atom. The van der Waals surface area contributed by atoms with Crippen molar-refractivity contribution in [3.05, 3.63) is 39.9 Å². The molecule has 0 amide bonds. The summed E-state index contributed by atoms with van der Waals surface area (Å²) in [5, 5.41) is 10.8. The molecule has 1 atom stereocenters. The minimum Gasteiger partial charge on any atom is -0.297 e. The molecule has 0 fully saturated rings. The van der Waals surface area contributed by atoms with Gasteiger partial charge in [-0.15, -0.1) is 0 Å². The highest BCUT2D eigenvalue weighted by molar-refractivity contribution is 5.35. The fraction of sp³-hybridized carbons (Fsp3) is 0.571. The van der Waals surface area contributed by atoms with Crippen molar-refractivity contribution in [1.82, 2.24) is 4.90 Å². The Morgan fingerprint density at radius 2 is 2.11 bits per heavy atom. The first-order valence-corrected chi connectivity index (χ1v) is 6.58. The standard InChI is InChI=1S/C14H22N2O2/c1-4-6-10-15(5-2)12(3)13-8-7-9-14(11-13)16(17)18/h7-9,11-12H,4-6,10H2,1-3H3. The van der Waals surface area contributed by atoms with E-state index in [-0.39, 0.29) is 16.7 Å². The van der Waals surface area contributed by atoms with Gasteiger partial charge in [-0.2, -0.15) is 0 Å². The zero-order valence-corrected chi connectivity index (χ0v) is 11.4. The van der Waals surface area contributed by atoms with Crippen LogP contribution >= 0.6 is 0 Å². The summed E-state index contributed by atoms with van der Waals surface area (Å²) in [5.41, 5.74) is 1.19. The lowest BCUT2D eigenvalue weighted by Crippen LogP contribution is -2.27. The van der Waals surface area contributed by atoms with Gasteiger partial charge in [0.25, 0.3) is 5.69 Å². The molecular weight excluding hydrogens is 228 g/mol. The van der Waals surface area contributed by atoms with E-state index in [1.165, 1.54) is 0 Å². The van der Waals surface area contributed by atoms with E-state index in [0.717, 1.165) is 31.5 Å². The number of benzene rings is 1. The van der Waals surface area contributed by atoms with E-state index in [4.69, 9.17) is 0 Å². The highest BCUT2D eigenvalue weighted by atomic mass is 16.6. The van der Waals surface area contributed by atoms with Gasteiger partial charge in [0.2, 0.25) is 0 Å². The number of hydrogen-bond acceptors (Lipinski definition) is 3. The molecule has 1 aromatic carbocycles. The summed E-state index contributed by atoms with van der Waals surface area (Å²) in [6.07, 6.45) is 2.32. The Morgan fingerprint density at radius 3 is 2.67 bits per heavy atom. The van der Waals surface area contributed by atoms with Crippen LogP contribution in [0.4, 0.5) is 5.69 Å². The van der Waals surface area contributed by atoms with Gasteiger partial charge in [-0.25, -0.2) is 0 Å². The van der Waals surface area contributed by atoms with Crippen LogP contribution in [-0.2, 0) is 0 Å². The van der Waals surface area contributed by atoms with Gasteiger partial charge >= 0.3 is 0 Å². The molecule has 1 aromatic rings. The third kappa shape index (κ3) is 3.81. The van der Waals surface area contributed by atoms with Crippen LogP contribution in [0, 0.1) is 10.1 Å². The molecule has 0 radical (unpaired) electrons. The summed E-state index contributed by atoms with van der Waals surface area (Å²) >= 11 is 0. The molecule has 0 saturated carbocycles. The molecule has 0 aliphatic rings. The fourth-order valence-corrected chi connectivity index (χ4v) is 2.10. The summed E-state index contributed by atoms with van der Waals surface area (Å²) in [5.74, 6) is 0. The lowest BCUT2D eigenvalue weighted by atomic mass is 10.1. The Labute approximate surface area is 109 Å². The lowest BCUT2D eigenvalue weighted by Gasteiger charge is -2.27. The van der Waals surface area contributed by atoms with Crippen molar-refractivity contribution in [2.24, 2.45) is 0 Å². The maximum atomic E-state index is 10.8. The summed E-state index contributed by atoms with van der Waals surface area (Å²) < 4.78 is 0. The summed E-state index contributed by atoms with van der Waals surface area (Å²) in [6, 6.07) is 7.17. The Balaban J connectivity index is 2.83. The second-order valence-electron chi connectivity index (χ2n) is 4.51. The van der Waals surface area contributed by atoms with E-state index in [9.17, 15) is 10.1 Å². The van der Waals surface area contributed by atoms with Crippen LogP contribution in [0.15, 0.2) is 24.3 Å². The molecule has 0 aliphatic heterocycles. The first-order valence-electron chi connectivity index (χ1n) is 6.58. The molecule has 4 nitrogen and oxygen atoms in total. The van der Waals surface area contributed by atoms with Crippen molar-refractivity contribution in [3.63, 3.8) is 0 Å². The summed E-state index contributed by atoms with van der Waals surface area (Å²) in [7, 11) is 0. The van der Waals surface area contributed by atoms with Gasteiger partial charge in [0.1, 0.15) is 0 Å². The fourth-order valence-electron chi connectivity index (χ4n) is 2.10. The highest BCUT2D eigenvalue weighted by Crippen LogP contribution is 2.24. The highest BCUT2D eigenvalue weighted by Gasteiger charge is 2.16. The normalized spacial score (nSPS) is 12.7. The van der Waals surface area contributed by atoms with E-state index >= 15 is 0 Å². The molecular formula is C14H22N2O2. The average molecular weight is 250 g/mol. The van der Waals surface area contributed by atoms with Crippen molar-refractivity contribution < 1.29 is 4.92 Å². The van der Waals surface area contributed by atoms with Crippen LogP contribution in [0.2, 0.25) is 0 Å². The van der Waals surface area contributed by atoms with E-state index < -0.39 is 0 Å². The molecule has 4 heteroatoms. The van der Waals surface area contributed by atoms with E-state index in [1.807, 2.05) is 6.07 Å². The average Bonchev–Trinajstić information content (AvgIpc) is 2.39. The zero-order chi connectivity index (χ0) is 13.5. The predicted molar refractivity (Wildman–Crippen MR) is 73.7 cm³/mol. The third-order valence-corrected chi connectivity index (χ3v) is 3.32. The number of nitro groups is 1. The van der Waals surface area contributed by atoms with Crippen LogP contribution in [0.5, 0.6) is 0 Å². The number of nitrogens with zero attached hydrogens (tertiary/aromatic N) is 2. The monoisotopic (exact) mass is 250 g/mol. The van der Waals surface area contributed by atoms with Crippen LogP contribution in [0.1, 0.15) is 45.2 Å². The molecule has 100 valence electrons. The molecule has 0 saturated heterocycles. The number of unbranched alkanes of at least 4 members (excludes halogenated alkanes) is 1. The van der Waals surface area contributed by atoms with Crippen molar-refractivity contribution >= 4 is 5.69 Å². The van der Waals surface area contributed by atoms with Crippen LogP contribution in [-0.4, -0.2) is 22.9 Å². The van der Waals surface area contributed by atoms with Crippen molar-refractivity contribution in [1.29, 1.82) is 0 Å².